The maximum Gasteiger partial charge on any atom is 0.209 e. The third-order valence-electron chi connectivity index (χ3n) is 2.60. The van der Waals surface area contributed by atoms with Crippen molar-refractivity contribution in [1.29, 1.82) is 0 Å². The van der Waals surface area contributed by atoms with E-state index in [9.17, 15) is 8.42 Å². The van der Waals surface area contributed by atoms with E-state index in [4.69, 9.17) is 5.73 Å². The Balaban J connectivity index is 2.38. The van der Waals surface area contributed by atoms with Crippen molar-refractivity contribution in [1.82, 2.24) is 19.3 Å². The highest BCUT2D eigenvalue weighted by atomic mass is 32.2. The number of imidazole rings is 1. The van der Waals surface area contributed by atoms with Gasteiger partial charge in [-0.25, -0.2) is 18.1 Å². The number of pyridine rings is 1. The number of hydrogen-bond acceptors (Lipinski definition) is 5. The van der Waals surface area contributed by atoms with Gasteiger partial charge in [0.2, 0.25) is 16.0 Å². The van der Waals surface area contributed by atoms with Gasteiger partial charge in [0, 0.05) is 18.3 Å². The van der Waals surface area contributed by atoms with Crippen molar-refractivity contribution in [3.8, 4) is 0 Å². The average molecular weight is 283 g/mol. The first kappa shape index (κ1) is 13.8. The molecule has 0 atom stereocenters. The van der Waals surface area contributed by atoms with Crippen molar-refractivity contribution in [2.75, 3.05) is 12.0 Å². The van der Waals surface area contributed by atoms with Crippen LogP contribution in [0.1, 0.15) is 13.8 Å². The van der Waals surface area contributed by atoms with Gasteiger partial charge in [-0.15, -0.1) is 0 Å². The lowest BCUT2D eigenvalue weighted by molar-refractivity contribution is 0.398. The standard InChI is InChI=1S/C11H17N5O2S/c1-11(2,15-19(3,17)18)7-16-9-4-5-13-6-8(9)14-10(16)12/h4-6,15H,7H2,1-3H3,(H2,12,14). The number of nitrogens with two attached hydrogens (primary N) is 1. The molecule has 0 aromatic carbocycles. The first-order valence-electron chi connectivity index (χ1n) is 5.73. The molecule has 2 heterocycles. The van der Waals surface area contributed by atoms with Crippen molar-refractivity contribution in [2.45, 2.75) is 25.9 Å². The summed E-state index contributed by atoms with van der Waals surface area (Å²) in [7, 11) is -3.29. The topological polar surface area (TPSA) is 103 Å². The van der Waals surface area contributed by atoms with Crippen LogP contribution in [0.25, 0.3) is 11.0 Å². The quantitative estimate of drug-likeness (QED) is 0.842. The molecule has 0 radical (unpaired) electrons. The number of aromatic nitrogens is 3. The molecule has 8 heteroatoms. The van der Waals surface area contributed by atoms with E-state index in [0.717, 1.165) is 11.8 Å². The molecule has 0 saturated carbocycles. The van der Waals surface area contributed by atoms with Gasteiger partial charge in [-0.2, -0.15) is 0 Å². The van der Waals surface area contributed by atoms with Crippen molar-refractivity contribution in [3.63, 3.8) is 0 Å². The van der Waals surface area contributed by atoms with E-state index < -0.39 is 15.6 Å². The minimum Gasteiger partial charge on any atom is -0.369 e. The van der Waals surface area contributed by atoms with E-state index in [1.165, 1.54) is 0 Å². The average Bonchev–Trinajstić information content (AvgIpc) is 2.52. The van der Waals surface area contributed by atoms with E-state index in [-0.39, 0.29) is 0 Å². The second-order valence-electron chi connectivity index (χ2n) is 5.18. The molecule has 7 nitrogen and oxygen atoms in total. The van der Waals surface area contributed by atoms with Gasteiger partial charge in [0.15, 0.2) is 0 Å². The second kappa shape index (κ2) is 4.46. The Labute approximate surface area is 111 Å². The van der Waals surface area contributed by atoms with Gasteiger partial charge in [-0.3, -0.25) is 4.98 Å². The number of nitrogens with one attached hydrogen (secondary N) is 1. The fourth-order valence-electron chi connectivity index (χ4n) is 2.10. The smallest absolute Gasteiger partial charge is 0.209 e. The van der Waals surface area contributed by atoms with Gasteiger partial charge in [0.1, 0.15) is 5.52 Å². The molecule has 2 aromatic rings. The van der Waals surface area contributed by atoms with Gasteiger partial charge in [-0.1, -0.05) is 0 Å². The fraction of sp³-hybridized carbons (Fsp3) is 0.455. The molecule has 19 heavy (non-hydrogen) atoms. The zero-order valence-electron chi connectivity index (χ0n) is 11.1. The summed E-state index contributed by atoms with van der Waals surface area (Å²) in [5, 5.41) is 0. The number of fused-ring (bicyclic) bond motifs is 1. The van der Waals surface area contributed by atoms with Crippen molar-refractivity contribution in [3.05, 3.63) is 18.5 Å². The van der Waals surface area contributed by atoms with E-state index in [0.29, 0.717) is 18.0 Å². The predicted molar refractivity (Wildman–Crippen MR) is 74.0 cm³/mol. The second-order valence-corrected chi connectivity index (χ2v) is 6.93. The molecule has 0 amide bonds. The lowest BCUT2D eigenvalue weighted by Gasteiger charge is -2.26. The Hall–Kier alpha value is -1.67. The summed E-state index contributed by atoms with van der Waals surface area (Å²) in [6.45, 7) is 3.97. The van der Waals surface area contributed by atoms with E-state index in [2.05, 4.69) is 14.7 Å². The number of nitrogen functional groups attached to an aromatic ring is 1. The van der Waals surface area contributed by atoms with Crippen LogP contribution >= 0.6 is 0 Å². The van der Waals surface area contributed by atoms with E-state index in [1.807, 2.05) is 0 Å². The van der Waals surface area contributed by atoms with Crippen LogP contribution in [-0.4, -0.2) is 34.7 Å². The lowest BCUT2D eigenvalue weighted by Crippen LogP contribution is -2.46. The number of hydrogen-bond donors (Lipinski definition) is 2. The molecular formula is C11H17N5O2S. The summed E-state index contributed by atoms with van der Waals surface area (Å²) in [4.78, 5) is 8.18. The Morgan fingerprint density at radius 2 is 2.16 bits per heavy atom. The summed E-state index contributed by atoms with van der Waals surface area (Å²) in [5.41, 5.74) is 6.72. The number of rotatable bonds is 4. The maximum absolute atomic E-state index is 11.3. The van der Waals surface area contributed by atoms with Crippen molar-refractivity contribution >= 4 is 27.0 Å². The van der Waals surface area contributed by atoms with Crippen LogP contribution in [0.3, 0.4) is 0 Å². The van der Waals surface area contributed by atoms with Crippen molar-refractivity contribution in [2.24, 2.45) is 0 Å². The van der Waals surface area contributed by atoms with E-state index >= 15 is 0 Å². The van der Waals surface area contributed by atoms with Gasteiger partial charge in [0.25, 0.3) is 0 Å². The first-order valence-corrected chi connectivity index (χ1v) is 7.62. The highest BCUT2D eigenvalue weighted by Crippen LogP contribution is 2.19. The molecule has 104 valence electrons. The molecule has 2 aromatic heterocycles. The molecule has 0 fully saturated rings. The molecule has 0 bridgehead atoms. The Bertz CT molecular complexity index is 705. The molecule has 0 spiro atoms. The van der Waals surface area contributed by atoms with Crippen LogP contribution in [0.15, 0.2) is 18.5 Å². The number of sulfonamides is 1. The highest BCUT2D eigenvalue weighted by molar-refractivity contribution is 7.88. The Morgan fingerprint density at radius 1 is 1.47 bits per heavy atom. The summed E-state index contributed by atoms with van der Waals surface area (Å²) in [6.07, 6.45) is 4.41. The summed E-state index contributed by atoms with van der Waals surface area (Å²) in [6, 6.07) is 1.80. The molecule has 0 aliphatic carbocycles. The van der Waals surface area contributed by atoms with Crippen LogP contribution in [-0.2, 0) is 16.6 Å². The molecule has 2 rings (SSSR count). The minimum absolute atomic E-state index is 0.339. The molecule has 0 saturated heterocycles. The number of anilines is 1. The van der Waals surface area contributed by atoms with Gasteiger partial charge in [0.05, 0.1) is 18.0 Å². The molecule has 0 unspecified atom stereocenters. The third kappa shape index (κ3) is 3.21. The SMILES string of the molecule is CC(C)(Cn1c(N)nc2cnccc21)NS(C)(=O)=O. The lowest BCUT2D eigenvalue weighted by atomic mass is 10.1. The summed E-state index contributed by atoms with van der Waals surface area (Å²) < 4.78 is 27.0. The van der Waals surface area contributed by atoms with E-state index in [1.54, 1.807) is 36.9 Å². The summed E-state index contributed by atoms with van der Waals surface area (Å²) >= 11 is 0. The molecule has 3 N–H and O–H groups in total. The van der Waals surface area contributed by atoms with Gasteiger partial charge in [-0.05, 0) is 19.9 Å². The van der Waals surface area contributed by atoms with Crippen LogP contribution in [0.4, 0.5) is 5.95 Å². The minimum atomic E-state index is -3.29. The largest absolute Gasteiger partial charge is 0.369 e. The molecule has 0 aliphatic rings. The fourth-order valence-corrected chi connectivity index (χ4v) is 3.16. The molecule has 0 aliphatic heterocycles. The third-order valence-corrected chi connectivity index (χ3v) is 3.52. The van der Waals surface area contributed by atoms with Crippen LogP contribution in [0, 0.1) is 0 Å². The zero-order valence-corrected chi connectivity index (χ0v) is 11.9. The number of nitrogens with zero attached hydrogens (tertiary/aromatic N) is 3. The van der Waals surface area contributed by atoms with Crippen LogP contribution < -0.4 is 10.5 Å². The zero-order chi connectivity index (χ0) is 14.3. The Kier molecular flexibility index (Phi) is 3.23. The van der Waals surface area contributed by atoms with Crippen molar-refractivity contribution < 1.29 is 8.42 Å². The summed E-state index contributed by atoms with van der Waals surface area (Å²) in [5.74, 6) is 0.339. The van der Waals surface area contributed by atoms with Gasteiger partial charge >= 0.3 is 0 Å². The first-order chi connectivity index (χ1) is 8.68. The normalized spacial score (nSPS) is 13.0. The molecular weight excluding hydrogens is 266 g/mol. The monoisotopic (exact) mass is 283 g/mol. The predicted octanol–water partition coefficient (Wildman–Crippen LogP) is 0.341. The van der Waals surface area contributed by atoms with Gasteiger partial charge < -0.3 is 10.3 Å². The van der Waals surface area contributed by atoms with Crippen LogP contribution in [0.2, 0.25) is 0 Å². The maximum atomic E-state index is 11.3. The highest BCUT2D eigenvalue weighted by Gasteiger charge is 2.24. The van der Waals surface area contributed by atoms with Crippen LogP contribution in [0.5, 0.6) is 0 Å². The Morgan fingerprint density at radius 3 is 2.79 bits per heavy atom.